The minimum Gasteiger partial charge on any atom is -0.483 e. The quantitative estimate of drug-likeness (QED) is 0.802. The van der Waals surface area contributed by atoms with E-state index >= 15 is 0 Å². The molecule has 0 bridgehead atoms. The van der Waals surface area contributed by atoms with Crippen LogP contribution in [0.4, 0.5) is 4.39 Å². The molecule has 0 spiro atoms. The molecule has 0 atom stereocenters. The van der Waals surface area contributed by atoms with Crippen LogP contribution >= 0.6 is 0 Å². The third-order valence-electron chi connectivity index (χ3n) is 3.34. The van der Waals surface area contributed by atoms with E-state index in [1.54, 1.807) is 25.1 Å². The zero-order valence-corrected chi connectivity index (χ0v) is 10.0. The van der Waals surface area contributed by atoms with Gasteiger partial charge in [-0.3, -0.25) is 4.79 Å². The first-order valence-electron chi connectivity index (χ1n) is 6.09. The highest BCUT2D eigenvalue weighted by atomic mass is 19.1. The van der Waals surface area contributed by atoms with Crippen LogP contribution in [-0.2, 0) is 4.79 Å². The van der Waals surface area contributed by atoms with E-state index in [0.717, 1.165) is 25.7 Å². The molecule has 1 aliphatic rings. The molecule has 1 saturated carbocycles. The van der Waals surface area contributed by atoms with Crippen molar-refractivity contribution in [2.75, 3.05) is 6.61 Å². The van der Waals surface area contributed by atoms with Gasteiger partial charge < -0.3 is 4.74 Å². The molecule has 1 fully saturated rings. The summed E-state index contributed by atoms with van der Waals surface area (Å²) in [5.74, 6) is 0.0364. The lowest BCUT2D eigenvalue weighted by Gasteiger charge is -2.10. The molecule has 0 unspecified atom stereocenters. The van der Waals surface area contributed by atoms with Gasteiger partial charge in [0.25, 0.3) is 0 Å². The van der Waals surface area contributed by atoms with Crippen molar-refractivity contribution < 1.29 is 13.9 Å². The molecule has 0 aliphatic heterocycles. The second-order valence-corrected chi connectivity index (χ2v) is 4.62. The van der Waals surface area contributed by atoms with E-state index in [9.17, 15) is 9.18 Å². The first-order chi connectivity index (χ1) is 8.18. The largest absolute Gasteiger partial charge is 0.483 e. The van der Waals surface area contributed by atoms with Crippen molar-refractivity contribution in [1.29, 1.82) is 0 Å². The van der Waals surface area contributed by atoms with Gasteiger partial charge in [0.15, 0.2) is 17.3 Å². The van der Waals surface area contributed by atoms with Crippen LogP contribution in [0.25, 0.3) is 0 Å². The van der Waals surface area contributed by atoms with Crippen LogP contribution in [0.1, 0.15) is 31.2 Å². The highest BCUT2D eigenvalue weighted by molar-refractivity contribution is 5.82. The molecule has 0 aromatic heterocycles. The Bertz CT molecular complexity index is 409. The maximum absolute atomic E-state index is 13.6. The van der Waals surface area contributed by atoms with Crippen LogP contribution in [-0.4, -0.2) is 12.4 Å². The molecule has 92 valence electrons. The Morgan fingerprint density at radius 2 is 2.12 bits per heavy atom. The van der Waals surface area contributed by atoms with Gasteiger partial charge >= 0.3 is 0 Å². The maximum atomic E-state index is 13.6. The number of hydrogen-bond donors (Lipinski definition) is 0. The number of carbonyl (C=O) groups is 1. The normalized spacial score (nSPS) is 16.1. The Kier molecular flexibility index (Phi) is 3.77. The van der Waals surface area contributed by atoms with Gasteiger partial charge in [0.2, 0.25) is 0 Å². The molecule has 0 amide bonds. The molecule has 0 saturated heterocycles. The predicted molar refractivity (Wildman–Crippen MR) is 63.6 cm³/mol. The number of carbonyl (C=O) groups excluding carboxylic acids is 1. The molecule has 3 heteroatoms. The van der Waals surface area contributed by atoms with Gasteiger partial charge in [-0.05, 0) is 31.4 Å². The van der Waals surface area contributed by atoms with Crippen LogP contribution in [0.15, 0.2) is 18.2 Å². The summed E-state index contributed by atoms with van der Waals surface area (Å²) in [6.45, 7) is 1.67. The molecule has 0 heterocycles. The van der Waals surface area contributed by atoms with Crippen molar-refractivity contribution in [2.45, 2.75) is 32.6 Å². The van der Waals surface area contributed by atoms with Gasteiger partial charge in [-0.15, -0.1) is 0 Å². The van der Waals surface area contributed by atoms with E-state index < -0.39 is 0 Å². The summed E-state index contributed by atoms with van der Waals surface area (Å²) in [5.41, 5.74) is 0.538. The van der Waals surface area contributed by atoms with E-state index in [-0.39, 0.29) is 29.9 Å². The summed E-state index contributed by atoms with van der Waals surface area (Å²) in [7, 11) is 0. The number of Topliss-reactive ketones (excluding diaryl/α,β-unsaturated/α-hetero) is 1. The lowest BCUT2D eigenvalue weighted by molar-refractivity contribution is -0.124. The number of aryl methyl sites for hydroxylation is 1. The summed E-state index contributed by atoms with van der Waals surface area (Å²) in [6, 6.07) is 4.97. The van der Waals surface area contributed by atoms with Crippen LogP contribution in [0.2, 0.25) is 0 Å². The summed E-state index contributed by atoms with van der Waals surface area (Å²) in [4.78, 5) is 11.8. The fourth-order valence-corrected chi connectivity index (χ4v) is 2.25. The van der Waals surface area contributed by atoms with Crippen molar-refractivity contribution in [3.8, 4) is 5.75 Å². The standard InChI is InChI=1S/C14H17FO2/c1-10-5-4-8-13(14(10)15)17-9-12(16)11-6-2-3-7-11/h4-5,8,11H,2-3,6-7,9H2,1H3. The zero-order chi connectivity index (χ0) is 12.3. The van der Waals surface area contributed by atoms with E-state index in [1.165, 1.54) is 0 Å². The number of hydrogen-bond acceptors (Lipinski definition) is 2. The molecule has 0 N–H and O–H groups in total. The minimum atomic E-state index is -0.369. The van der Waals surface area contributed by atoms with Crippen molar-refractivity contribution in [3.05, 3.63) is 29.6 Å². The van der Waals surface area contributed by atoms with Gasteiger partial charge in [-0.25, -0.2) is 4.39 Å². The van der Waals surface area contributed by atoms with E-state index in [0.29, 0.717) is 5.56 Å². The first kappa shape index (κ1) is 12.1. The van der Waals surface area contributed by atoms with Gasteiger partial charge in [0, 0.05) is 5.92 Å². The number of benzene rings is 1. The monoisotopic (exact) mass is 236 g/mol. The fraction of sp³-hybridized carbons (Fsp3) is 0.500. The molecule has 2 nitrogen and oxygen atoms in total. The van der Waals surface area contributed by atoms with Crippen LogP contribution < -0.4 is 4.74 Å². The topological polar surface area (TPSA) is 26.3 Å². The van der Waals surface area contributed by atoms with Gasteiger partial charge in [-0.2, -0.15) is 0 Å². The Hall–Kier alpha value is -1.38. The second-order valence-electron chi connectivity index (χ2n) is 4.62. The zero-order valence-electron chi connectivity index (χ0n) is 10.0. The lowest BCUT2D eigenvalue weighted by Crippen LogP contribution is -2.19. The molecule has 0 radical (unpaired) electrons. The minimum absolute atomic E-state index is 0.00889. The van der Waals surface area contributed by atoms with Crippen molar-refractivity contribution in [3.63, 3.8) is 0 Å². The van der Waals surface area contributed by atoms with Crippen molar-refractivity contribution >= 4 is 5.78 Å². The third-order valence-corrected chi connectivity index (χ3v) is 3.34. The van der Waals surface area contributed by atoms with Crippen molar-refractivity contribution in [2.24, 2.45) is 5.92 Å². The SMILES string of the molecule is Cc1cccc(OCC(=O)C2CCCC2)c1F. The summed E-state index contributed by atoms with van der Waals surface area (Å²) < 4.78 is 18.9. The average molecular weight is 236 g/mol. The Labute approximate surface area is 101 Å². The van der Waals surface area contributed by atoms with E-state index in [1.807, 2.05) is 0 Å². The molecular formula is C14H17FO2. The predicted octanol–water partition coefficient (Wildman–Crippen LogP) is 3.27. The highest BCUT2D eigenvalue weighted by Crippen LogP contribution is 2.26. The van der Waals surface area contributed by atoms with E-state index in [4.69, 9.17) is 4.74 Å². The molecule has 1 aliphatic carbocycles. The van der Waals surface area contributed by atoms with Gasteiger partial charge in [-0.1, -0.05) is 25.0 Å². The summed E-state index contributed by atoms with van der Waals surface area (Å²) in [6.07, 6.45) is 4.15. The fourth-order valence-electron chi connectivity index (χ4n) is 2.25. The Morgan fingerprint density at radius 1 is 1.41 bits per heavy atom. The number of ether oxygens (including phenoxy) is 1. The summed E-state index contributed by atoms with van der Waals surface area (Å²) >= 11 is 0. The van der Waals surface area contributed by atoms with Crippen molar-refractivity contribution in [1.82, 2.24) is 0 Å². The van der Waals surface area contributed by atoms with Crippen LogP contribution in [0, 0.1) is 18.7 Å². The third kappa shape index (κ3) is 2.84. The Morgan fingerprint density at radius 3 is 2.82 bits per heavy atom. The molecule has 2 rings (SSSR count). The smallest absolute Gasteiger partial charge is 0.173 e. The lowest BCUT2D eigenvalue weighted by atomic mass is 10.0. The number of rotatable bonds is 4. The maximum Gasteiger partial charge on any atom is 0.173 e. The van der Waals surface area contributed by atoms with Crippen LogP contribution in [0.5, 0.6) is 5.75 Å². The molecule has 17 heavy (non-hydrogen) atoms. The summed E-state index contributed by atoms with van der Waals surface area (Å²) in [5, 5.41) is 0. The average Bonchev–Trinajstić information content (AvgIpc) is 2.84. The molecular weight excluding hydrogens is 219 g/mol. The first-order valence-corrected chi connectivity index (χ1v) is 6.09. The van der Waals surface area contributed by atoms with Gasteiger partial charge in [0.1, 0.15) is 6.61 Å². The highest BCUT2D eigenvalue weighted by Gasteiger charge is 2.23. The number of ketones is 1. The molecule has 1 aromatic carbocycles. The van der Waals surface area contributed by atoms with E-state index in [2.05, 4.69) is 0 Å². The van der Waals surface area contributed by atoms with Gasteiger partial charge in [0.05, 0.1) is 0 Å². The number of halogens is 1. The molecule has 1 aromatic rings. The van der Waals surface area contributed by atoms with Crippen LogP contribution in [0.3, 0.4) is 0 Å². The Balaban J connectivity index is 1.93. The second kappa shape index (κ2) is 5.30.